The Kier molecular flexibility index (Phi) is 3.86. The molecular weight excluding hydrogens is 148 g/mol. The van der Waals surface area contributed by atoms with E-state index in [0.717, 1.165) is 18.8 Å². The summed E-state index contributed by atoms with van der Waals surface area (Å²) in [5, 5.41) is 9.40. The van der Waals surface area contributed by atoms with Crippen LogP contribution in [0.15, 0.2) is 30.5 Å². The van der Waals surface area contributed by atoms with E-state index in [1.54, 1.807) is 0 Å². The maximum absolute atomic E-state index is 9.40. The molecule has 0 aromatic rings. The average molecular weight is 164 g/mol. The summed E-state index contributed by atoms with van der Waals surface area (Å²) in [5.41, 5.74) is 2.69. The van der Waals surface area contributed by atoms with Gasteiger partial charge in [0.05, 0.1) is 6.10 Å². The minimum absolute atomic E-state index is 0.282. The highest BCUT2D eigenvalue weighted by molar-refractivity contribution is 4.99. The van der Waals surface area contributed by atoms with Gasteiger partial charge in [0.2, 0.25) is 0 Å². The molecular formula is C11H16O. The molecule has 0 amide bonds. The van der Waals surface area contributed by atoms with Crippen LogP contribution in [-0.4, -0.2) is 11.2 Å². The third-order valence-electron chi connectivity index (χ3n) is 1.98. The summed E-state index contributed by atoms with van der Waals surface area (Å²) >= 11 is 0. The third-order valence-corrected chi connectivity index (χ3v) is 1.98. The van der Waals surface area contributed by atoms with Crippen molar-refractivity contribution in [3.63, 3.8) is 0 Å². The maximum Gasteiger partial charge on any atom is 0.0724 e. The number of aliphatic hydroxyl groups is 1. The van der Waals surface area contributed by atoms with Crippen molar-refractivity contribution in [1.82, 2.24) is 0 Å². The van der Waals surface area contributed by atoms with Crippen LogP contribution in [0, 0.1) is 5.92 Å². The second-order valence-electron chi connectivity index (χ2n) is 3.28. The number of hydrogen-bond acceptors (Lipinski definition) is 1. The fourth-order valence-electron chi connectivity index (χ4n) is 1.03. The zero-order chi connectivity index (χ0) is 8.81. The smallest absolute Gasteiger partial charge is 0.0724 e. The van der Waals surface area contributed by atoms with E-state index in [0.29, 0.717) is 0 Å². The van der Waals surface area contributed by atoms with Crippen LogP contribution >= 0.6 is 0 Å². The molecule has 0 spiro atoms. The maximum atomic E-state index is 9.40. The highest BCUT2D eigenvalue weighted by Gasteiger charge is 2.17. The van der Waals surface area contributed by atoms with Gasteiger partial charge in [-0.1, -0.05) is 18.7 Å². The summed E-state index contributed by atoms with van der Waals surface area (Å²) in [6.07, 6.45) is 9.86. The van der Waals surface area contributed by atoms with Crippen molar-refractivity contribution >= 4 is 0 Å². The van der Waals surface area contributed by atoms with Crippen molar-refractivity contribution < 1.29 is 5.11 Å². The Morgan fingerprint density at radius 3 is 2.92 bits per heavy atom. The minimum Gasteiger partial charge on any atom is -0.389 e. The molecule has 1 heteroatoms. The average Bonchev–Trinajstić information content (AvgIpc) is 2.84. The lowest BCUT2D eigenvalue weighted by Crippen LogP contribution is -2.00. The van der Waals surface area contributed by atoms with Crippen LogP contribution in [0.2, 0.25) is 0 Å². The van der Waals surface area contributed by atoms with Crippen LogP contribution in [-0.2, 0) is 0 Å². The second-order valence-corrected chi connectivity index (χ2v) is 3.28. The monoisotopic (exact) mass is 164 g/mol. The summed E-state index contributed by atoms with van der Waals surface area (Å²) in [6.45, 7) is 3.46. The Balaban J connectivity index is 2.09. The molecule has 1 aliphatic rings. The van der Waals surface area contributed by atoms with Crippen molar-refractivity contribution in [2.24, 2.45) is 5.92 Å². The quantitative estimate of drug-likeness (QED) is 0.489. The standard InChI is InChI=1S/C11H16O/c1-2-3-4-5-11(12)9-8-10-6-7-10/h3,8-12H,1,4-7H2/b9-8+/t11-/m0/s1. The van der Waals surface area contributed by atoms with Gasteiger partial charge in [-0.15, -0.1) is 5.73 Å². The second kappa shape index (κ2) is 4.97. The Labute approximate surface area is 74.1 Å². The molecule has 1 fully saturated rings. The van der Waals surface area contributed by atoms with Gasteiger partial charge in [-0.25, -0.2) is 0 Å². The molecule has 0 saturated heterocycles. The normalized spacial score (nSPS) is 19.1. The molecule has 1 nitrogen and oxygen atoms in total. The molecule has 12 heavy (non-hydrogen) atoms. The Hall–Kier alpha value is -0.780. The molecule has 0 unspecified atom stereocenters. The molecule has 1 rings (SSSR count). The molecule has 0 aromatic heterocycles. The van der Waals surface area contributed by atoms with Crippen LogP contribution in [0.1, 0.15) is 25.7 Å². The highest BCUT2D eigenvalue weighted by Crippen LogP contribution is 2.30. The van der Waals surface area contributed by atoms with Gasteiger partial charge < -0.3 is 5.11 Å². The Morgan fingerprint density at radius 2 is 2.33 bits per heavy atom. The van der Waals surface area contributed by atoms with Crippen molar-refractivity contribution in [1.29, 1.82) is 0 Å². The lowest BCUT2D eigenvalue weighted by atomic mass is 10.1. The summed E-state index contributed by atoms with van der Waals surface area (Å²) in [6, 6.07) is 0. The SMILES string of the molecule is C=C=CCC[C@H](O)/C=C/C1CC1. The molecule has 1 aliphatic carbocycles. The topological polar surface area (TPSA) is 20.2 Å². The van der Waals surface area contributed by atoms with Crippen LogP contribution in [0.4, 0.5) is 0 Å². The predicted octanol–water partition coefficient (Wildman–Crippen LogP) is 2.43. The van der Waals surface area contributed by atoms with Gasteiger partial charge in [0, 0.05) is 0 Å². The molecule has 66 valence electrons. The number of aliphatic hydroxyl groups excluding tert-OH is 1. The van der Waals surface area contributed by atoms with Gasteiger partial charge in [0.25, 0.3) is 0 Å². The van der Waals surface area contributed by atoms with E-state index in [9.17, 15) is 5.11 Å². The molecule has 1 saturated carbocycles. The van der Waals surface area contributed by atoms with E-state index in [4.69, 9.17) is 0 Å². The van der Waals surface area contributed by atoms with Crippen molar-refractivity contribution in [2.45, 2.75) is 31.8 Å². The van der Waals surface area contributed by atoms with Gasteiger partial charge in [-0.05, 0) is 37.7 Å². The van der Waals surface area contributed by atoms with Crippen LogP contribution < -0.4 is 0 Å². The molecule has 1 N–H and O–H groups in total. The van der Waals surface area contributed by atoms with Gasteiger partial charge in [0.15, 0.2) is 0 Å². The molecule has 1 atom stereocenters. The van der Waals surface area contributed by atoms with Gasteiger partial charge in [-0.3, -0.25) is 0 Å². The molecule has 0 bridgehead atoms. The number of hydrogen-bond donors (Lipinski definition) is 1. The molecule has 0 heterocycles. The van der Waals surface area contributed by atoms with E-state index in [-0.39, 0.29) is 6.10 Å². The van der Waals surface area contributed by atoms with E-state index >= 15 is 0 Å². The summed E-state index contributed by atoms with van der Waals surface area (Å²) in [7, 11) is 0. The predicted molar refractivity (Wildman–Crippen MR) is 50.8 cm³/mol. The van der Waals surface area contributed by atoms with Crippen LogP contribution in [0.25, 0.3) is 0 Å². The molecule has 0 aliphatic heterocycles. The van der Waals surface area contributed by atoms with Gasteiger partial charge in [0.1, 0.15) is 0 Å². The van der Waals surface area contributed by atoms with Crippen molar-refractivity contribution in [2.75, 3.05) is 0 Å². The third kappa shape index (κ3) is 4.17. The fourth-order valence-corrected chi connectivity index (χ4v) is 1.03. The van der Waals surface area contributed by atoms with Crippen LogP contribution in [0.5, 0.6) is 0 Å². The first kappa shape index (κ1) is 9.31. The lowest BCUT2D eigenvalue weighted by Gasteiger charge is -2.00. The number of allylic oxidation sites excluding steroid dienone is 2. The first-order chi connectivity index (χ1) is 5.83. The van der Waals surface area contributed by atoms with E-state index in [2.05, 4.69) is 18.4 Å². The van der Waals surface area contributed by atoms with E-state index in [1.165, 1.54) is 12.8 Å². The minimum atomic E-state index is -0.282. The highest BCUT2D eigenvalue weighted by atomic mass is 16.3. The van der Waals surface area contributed by atoms with Gasteiger partial charge in [-0.2, -0.15) is 0 Å². The van der Waals surface area contributed by atoms with Gasteiger partial charge >= 0.3 is 0 Å². The summed E-state index contributed by atoms with van der Waals surface area (Å²) in [5.74, 6) is 0.759. The summed E-state index contributed by atoms with van der Waals surface area (Å²) < 4.78 is 0. The zero-order valence-electron chi connectivity index (χ0n) is 7.37. The first-order valence-corrected chi connectivity index (χ1v) is 4.53. The number of rotatable bonds is 5. The Morgan fingerprint density at radius 1 is 1.58 bits per heavy atom. The lowest BCUT2D eigenvalue weighted by molar-refractivity contribution is 0.213. The van der Waals surface area contributed by atoms with Crippen LogP contribution in [0.3, 0.4) is 0 Å². The first-order valence-electron chi connectivity index (χ1n) is 4.53. The van der Waals surface area contributed by atoms with Crippen molar-refractivity contribution in [3.8, 4) is 0 Å². The summed E-state index contributed by atoms with van der Waals surface area (Å²) in [4.78, 5) is 0. The van der Waals surface area contributed by atoms with E-state index in [1.807, 2.05) is 12.2 Å². The largest absolute Gasteiger partial charge is 0.389 e. The zero-order valence-corrected chi connectivity index (χ0v) is 7.37. The fraction of sp³-hybridized carbons (Fsp3) is 0.545. The van der Waals surface area contributed by atoms with E-state index < -0.39 is 0 Å². The van der Waals surface area contributed by atoms with Crippen molar-refractivity contribution in [3.05, 3.63) is 30.5 Å². The molecule has 0 radical (unpaired) electrons. The molecule has 0 aromatic carbocycles. The Bertz CT molecular complexity index is 195.